The first-order valence-corrected chi connectivity index (χ1v) is 19.3. The minimum absolute atomic E-state index is 0.193. The van der Waals surface area contributed by atoms with E-state index in [1.54, 1.807) is 0 Å². The highest BCUT2D eigenvalue weighted by atomic mass is 16.3. The molecule has 2 atom stereocenters. The van der Waals surface area contributed by atoms with Crippen molar-refractivity contribution in [3.63, 3.8) is 0 Å². The van der Waals surface area contributed by atoms with E-state index in [1.807, 2.05) is 24.3 Å². The smallest absolute Gasteiger partial charge is 0.195 e. The SMILES string of the molecule is CCCCCCCCCCCCc1ccc(CC(C)(O)C(=O)C(C)(O)Cc2ccc(CCCCCCCCCCCC)cc2)cc1. The molecule has 0 amide bonds. The molecule has 0 fully saturated rings. The molecule has 0 radical (unpaired) electrons. The summed E-state index contributed by atoms with van der Waals surface area (Å²) >= 11 is 0. The van der Waals surface area contributed by atoms with Gasteiger partial charge in [-0.05, 0) is 61.8 Å². The van der Waals surface area contributed by atoms with Gasteiger partial charge in [0.05, 0.1) is 0 Å². The summed E-state index contributed by atoms with van der Waals surface area (Å²) < 4.78 is 0. The molecule has 0 saturated heterocycles. The maximum absolute atomic E-state index is 13.4. The third kappa shape index (κ3) is 17.3. The molecule has 0 aliphatic heterocycles. The second-order valence-electron chi connectivity index (χ2n) is 14.7. The van der Waals surface area contributed by atoms with Crippen LogP contribution in [0.3, 0.4) is 0 Å². The Morgan fingerprint density at radius 1 is 0.435 bits per heavy atom. The van der Waals surface area contributed by atoms with Crippen LogP contribution in [0.2, 0.25) is 0 Å². The Morgan fingerprint density at radius 3 is 0.957 bits per heavy atom. The molecule has 3 nitrogen and oxygen atoms in total. The Hall–Kier alpha value is -1.97. The van der Waals surface area contributed by atoms with Gasteiger partial charge in [-0.15, -0.1) is 0 Å². The molecule has 0 heterocycles. The number of rotatable bonds is 28. The van der Waals surface area contributed by atoms with Gasteiger partial charge in [0.2, 0.25) is 0 Å². The number of aryl methyl sites for hydroxylation is 2. The van der Waals surface area contributed by atoms with Gasteiger partial charge in [-0.2, -0.15) is 0 Å². The third-order valence-electron chi connectivity index (χ3n) is 9.76. The highest BCUT2D eigenvalue weighted by Gasteiger charge is 2.42. The van der Waals surface area contributed by atoms with E-state index in [4.69, 9.17) is 0 Å². The van der Waals surface area contributed by atoms with Crippen molar-refractivity contribution in [2.45, 2.75) is 193 Å². The summed E-state index contributed by atoms with van der Waals surface area (Å²) in [7, 11) is 0. The monoisotopic (exact) mass is 635 g/mol. The number of carbonyl (C=O) groups is 1. The van der Waals surface area contributed by atoms with Gasteiger partial charge in [-0.1, -0.05) is 178 Å². The lowest BCUT2D eigenvalue weighted by Gasteiger charge is -2.31. The second kappa shape index (κ2) is 23.4. The molecule has 2 unspecified atom stereocenters. The largest absolute Gasteiger partial charge is 0.382 e. The van der Waals surface area contributed by atoms with Crippen LogP contribution in [0.15, 0.2) is 48.5 Å². The molecular formula is C43H70O3. The van der Waals surface area contributed by atoms with E-state index in [1.165, 1.54) is 153 Å². The van der Waals surface area contributed by atoms with Crippen LogP contribution in [-0.2, 0) is 30.5 Å². The molecular weight excluding hydrogens is 564 g/mol. The predicted octanol–water partition coefficient (Wildman–Crippen LogP) is 11.5. The standard InChI is InChI=1S/C43H70O3/c1-5-7-9-11-13-15-17-19-21-23-25-37-27-31-39(32-28-37)35-42(3,45)41(44)43(4,46)36-40-33-29-38(30-34-40)26-24-22-20-18-16-14-12-10-8-6-2/h27-34,45-46H,5-26,35-36H2,1-4H3. The molecule has 0 aromatic heterocycles. The van der Waals surface area contributed by atoms with Crippen LogP contribution in [0.25, 0.3) is 0 Å². The van der Waals surface area contributed by atoms with Crippen molar-refractivity contribution in [1.29, 1.82) is 0 Å². The van der Waals surface area contributed by atoms with Crippen LogP contribution in [0, 0.1) is 0 Å². The number of unbranched alkanes of at least 4 members (excludes halogenated alkanes) is 18. The highest BCUT2D eigenvalue weighted by Crippen LogP contribution is 2.25. The summed E-state index contributed by atoms with van der Waals surface area (Å²) in [4.78, 5) is 13.4. The van der Waals surface area contributed by atoms with E-state index in [0.29, 0.717) is 0 Å². The van der Waals surface area contributed by atoms with Gasteiger partial charge < -0.3 is 10.2 Å². The molecule has 0 spiro atoms. The number of benzene rings is 2. The third-order valence-corrected chi connectivity index (χ3v) is 9.76. The van der Waals surface area contributed by atoms with E-state index in [2.05, 4.69) is 38.1 Å². The first kappa shape index (κ1) is 40.2. The van der Waals surface area contributed by atoms with Gasteiger partial charge >= 0.3 is 0 Å². The molecule has 0 saturated carbocycles. The zero-order valence-corrected chi connectivity index (χ0v) is 30.4. The molecule has 2 rings (SSSR count). The quantitative estimate of drug-likeness (QED) is 0.0916. The van der Waals surface area contributed by atoms with Crippen LogP contribution in [0.5, 0.6) is 0 Å². The molecule has 2 N–H and O–H groups in total. The molecule has 3 heteroatoms. The first-order valence-electron chi connectivity index (χ1n) is 19.3. The van der Waals surface area contributed by atoms with Crippen molar-refractivity contribution in [3.8, 4) is 0 Å². The van der Waals surface area contributed by atoms with Crippen molar-refractivity contribution in [3.05, 3.63) is 70.8 Å². The van der Waals surface area contributed by atoms with Crippen molar-refractivity contribution in [2.24, 2.45) is 0 Å². The average molecular weight is 635 g/mol. The summed E-state index contributed by atoms with van der Waals surface area (Å²) in [6.45, 7) is 7.61. The zero-order valence-electron chi connectivity index (χ0n) is 30.4. The van der Waals surface area contributed by atoms with Gasteiger partial charge in [0.15, 0.2) is 5.78 Å². The van der Waals surface area contributed by atoms with Crippen molar-refractivity contribution in [1.82, 2.24) is 0 Å². The number of Topliss-reactive ketones (excluding diaryl/α,β-unsaturated/α-hetero) is 1. The average Bonchev–Trinajstić information content (AvgIpc) is 3.03. The number of hydrogen-bond donors (Lipinski definition) is 2. The fourth-order valence-electron chi connectivity index (χ4n) is 6.82. The maximum atomic E-state index is 13.4. The number of ketones is 1. The topological polar surface area (TPSA) is 57.5 Å². The fourth-order valence-corrected chi connectivity index (χ4v) is 6.82. The van der Waals surface area contributed by atoms with Crippen molar-refractivity contribution < 1.29 is 15.0 Å². The minimum atomic E-state index is -1.64. The van der Waals surface area contributed by atoms with Gasteiger partial charge in [0.25, 0.3) is 0 Å². The van der Waals surface area contributed by atoms with Crippen molar-refractivity contribution in [2.75, 3.05) is 0 Å². The normalized spacial score (nSPS) is 14.2. The summed E-state index contributed by atoms with van der Waals surface area (Å²) in [5, 5.41) is 22.4. The lowest BCUT2D eigenvalue weighted by atomic mass is 9.80. The predicted molar refractivity (Wildman–Crippen MR) is 198 cm³/mol. The van der Waals surface area contributed by atoms with E-state index in [0.717, 1.165) is 24.0 Å². The Labute approximate surface area is 284 Å². The molecule has 2 aromatic rings. The Bertz CT molecular complexity index is 951. The lowest BCUT2D eigenvalue weighted by molar-refractivity contribution is -0.153. The lowest BCUT2D eigenvalue weighted by Crippen LogP contribution is -2.52. The molecule has 260 valence electrons. The van der Waals surface area contributed by atoms with Crippen LogP contribution in [0.4, 0.5) is 0 Å². The second-order valence-corrected chi connectivity index (χ2v) is 14.7. The molecule has 0 aliphatic carbocycles. The molecule has 0 bridgehead atoms. The van der Waals surface area contributed by atoms with E-state index < -0.39 is 17.0 Å². The fraction of sp³-hybridized carbons (Fsp3) is 0.698. The molecule has 2 aromatic carbocycles. The van der Waals surface area contributed by atoms with E-state index >= 15 is 0 Å². The number of carbonyl (C=O) groups excluding carboxylic acids is 1. The highest BCUT2D eigenvalue weighted by molar-refractivity contribution is 5.94. The van der Waals surface area contributed by atoms with E-state index in [-0.39, 0.29) is 12.8 Å². The van der Waals surface area contributed by atoms with Gasteiger partial charge in [-0.3, -0.25) is 4.79 Å². The molecule has 0 aliphatic rings. The summed E-state index contributed by atoms with van der Waals surface area (Å²) in [5.41, 5.74) is 1.15. The maximum Gasteiger partial charge on any atom is 0.195 e. The minimum Gasteiger partial charge on any atom is -0.382 e. The zero-order chi connectivity index (χ0) is 33.5. The Balaban J connectivity index is 1.69. The summed E-state index contributed by atoms with van der Waals surface area (Å²) in [6, 6.07) is 16.6. The van der Waals surface area contributed by atoms with Crippen LogP contribution < -0.4 is 0 Å². The van der Waals surface area contributed by atoms with Crippen LogP contribution >= 0.6 is 0 Å². The van der Waals surface area contributed by atoms with Crippen LogP contribution in [0.1, 0.15) is 178 Å². The Kier molecular flexibility index (Phi) is 20.4. The summed E-state index contributed by atoms with van der Waals surface area (Å²) in [6.07, 6.45) is 29.3. The Morgan fingerprint density at radius 2 is 0.674 bits per heavy atom. The number of aliphatic hydroxyl groups is 2. The molecule has 46 heavy (non-hydrogen) atoms. The van der Waals surface area contributed by atoms with E-state index in [9.17, 15) is 15.0 Å². The van der Waals surface area contributed by atoms with Gasteiger partial charge in [-0.25, -0.2) is 0 Å². The van der Waals surface area contributed by atoms with Gasteiger partial charge in [0, 0.05) is 12.8 Å². The number of hydrogen-bond acceptors (Lipinski definition) is 3. The van der Waals surface area contributed by atoms with Gasteiger partial charge in [0.1, 0.15) is 11.2 Å². The van der Waals surface area contributed by atoms with Crippen LogP contribution in [-0.4, -0.2) is 27.2 Å². The van der Waals surface area contributed by atoms with Crippen molar-refractivity contribution >= 4 is 5.78 Å². The summed E-state index contributed by atoms with van der Waals surface area (Å²) in [5.74, 6) is -0.524. The first-order chi connectivity index (χ1) is 22.2.